The average molecular weight is 235 g/mol. The zero-order valence-corrected chi connectivity index (χ0v) is 9.96. The van der Waals surface area contributed by atoms with Gasteiger partial charge < -0.3 is 14.4 Å². The molecule has 1 unspecified atom stereocenters. The number of carbonyl (C=O) groups is 1. The minimum atomic E-state index is -0.263. The van der Waals surface area contributed by atoms with Crippen molar-refractivity contribution in [2.45, 2.75) is 13.2 Å². The normalized spacial score (nSPS) is 20.3. The minimum absolute atomic E-state index is 0.00681. The first-order valence-electron chi connectivity index (χ1n) is 5.88. The molecule has 4 heteroatoms. The second kappa shape index (κ2) is 5.80. The van der Waals surface area contributed by atoms with Gasteiger partial charge >= 0.3 is 0 Å². The van der Waals surface area contributed by atoms with Crippen molar-refractivity contribution in [2.24, 2.45) is 0 Å². The van der Waals surface area contributed by atoms with Gasteiger partial charge in [-0.25, -0.2) is 0 Å². The van der Waals surface area contributed by atoms with Crippen LogP contribution in [0.2, 0.25) is 0 Å². The Labute approximate surface area is 101 Å². The van der Waals surface area contributed by atoms with Crippen LogP contribution in [0.15, 0.2) is 30.3 Å². The zero-order valence-electron chi connectivity index (χ0n) is 9.96. The minimum Gasteiger partial charge on any atom is -0.375 e. The maximum atomic E-state index is 12.3. The van der Waals surface area contributed by atoms with Crippen LogP contribution in [0.3, 0.4) is 0 Å². The van der Waals surface area contributed by atoms with Crippen molar-refractivity contribution < 1.29 is 14.3 Å². The van der Waals surface area contributed by atoms with Crippen molar-refractivity contribution in [2.75, 3.05) is 26.4 Å². The summed E-state index contributed by atoms with van der Waals surface area (Å²) in [5.74, 6) is 0.00681. The molecule has 0 radical (unpaired) electrons. The third kappa shape index (κ3) is 2.84. The van der Waals surface area contributed by atoms with Crippen LogP contribution in [-0.4, -0.2) is 43.4 Å². The van der Waals surface area contributed by atoms with Crippen LogP contribution < -0.4 is 0 Å². The molecule has 1 atom stereocenters. The maximum Gasteiger partial charge on any atom is 0.256 e. The molecule has 0 saturated carbocycles. The molecule has 1 saturated heterocycles. The van der Waals surface area contributed by atoms with E-state index >= 15 is 0 Å². The van der Waals surface area contributed by atoms with Crippen LogP contribution in [-0.2, 0) is 9.47 Å². The SMILES string of the molecule is CCOC1COCCN1C(=O)c1ccccc1. The van der Waals surface area contributed by atoms with Gasteiger partial charge in [-0.2, -0.15) is 0 Å². The van der Waals surface area contributed by atoms with E-state index in [9.17, 15) is 4.79 Å². The average Bonchev–Trinajstić information content (AvgIpc) is 2.40. The molecule has 1 aliphatic heterocycles. The first-order chi connectivity index (χ1) is 8.33. The lowest BCUT2D eigenvalue weighted by Crippen LogP contribution is -2.50. The van der Waals surface area contributed by atoms with Gasteiger partial charge in [0, 0.05) is 18.7 Å². The standard InChI is InChI=1S/C13H17NO3/c1-2-17-12-10-16-9-8-14(12)13(15)11-6-4-3-5-7-11/h3-7,12H,2,8-10H2,1H3. The van der Waals surface area contributed by atoms with Gasteiger partial charge in [0.25, 0.3) is 5.91 Å². The molecule has 2 rings (SSSR count). The van der Waals surface area contributed by atoms with Crippen molar-refractivity contribution in [1.29, 1.82) is 0 Å². The van der Waals surface area contributed by atoms with Crippen LogP contribution in [0.5, 0.6) is 0 Å². The third-order valence-corrected chi connectivity index (χ3v) is 2.73. The molecule has 0 bridgehead atoms. The van der Waals surface area contributed by atoms with Crippen molar-refractivity contribution in [1.82, 2.24) is 4.90 Å². The molecule has 1 aliphatic rings. The van der Waals surface area contributed by atoms with Crippen LogP contribution >= 0.6 is 0 Å². The fourth-order valence-corrected chi connectivity index (χ4v) is 1.89. The summed E-state index contributed by atoms with van der Waals surface area (Å²) in [5.41, 5.74) is 0.694. The first-order valence-corrected chi connectivity index (χ1v) is 5.88. The van der Waals surface area contributed by atoms with Gasteiger partial charge in [-0.15, -0.1) is 0 Å². The highest BCUT2D eigenvalue weighted by molar-refractivity contribution is 5.94. The highest BCUT2D eigenvalue weighted by Gasteiger charge is 2.28. The largest absolute Gasteiger partial charge is 0.375 e. The number of nitrogens with zero attached hydrogens (tertiary/aromatic N) is 1. The third-order valence-electron chi connectivity index (χ3n) is 2.73. The molecule has 0 N–H and O–H groups in total. The second-order valence-electron chi connectivity index (χ2n) is 3.85. The monoisotopic (exact) mass is 235 g/mol. The second-order valence-corrected chi connectivity index (χ2v) is 3.85. The molecule has 92 valence electrons. The smallest absolute Gasteiger partial charge is 0.256 e. The lowest BCUT2D eigenvalue weighted by atomic mass is 10.2. The molecule has 4 nitrogen and oxygen atoms in total. The summed E-state index contributed by atoms with van der Waals surface area (Å²) in [5, 5.41) is 0. The number of carbonyl (C=O) groups excluding carboxylic acids is 1. The Bertz CT molecular complexity index is 364. The van der Waals surface area contributed by atoms with E-state index in [1.54, 1.807) is 4.90 Å². The Morgan fingerprint density at radius 2 is 2.24 bits per heavy atom. The lowest BCUT2D eigenvalue weighted by Gasteiger charge is -2.35. The molecule has 17 heavy (non-hydrogen) atoms. The molecule has 1 heterocycles. The molecular formula is C13H17NO3. The van der Waals surface area contributed by atoms with Crippen LogP contribution in [0, 0.1) is 0 Å². The summed E-state index contributed by atoms with van der Waals surface area (Å²) in [4.78, 5) is 14.0. The maximum absolute atomic E-state index is 12.3. The van der Waals surface area contributed by atoms with Crippen LogP contribution in [0.4, 0.5) is 0 Å². The van der Waals surface area contributed by atoms with E-state index in [0.29, 0.717) is 31.9 Å². The number of hydrogen-bond acceptors (Lipinski definition) is 3. The predicted molar refractivity (Wildman–Crippen MR) is 63.7 cm³/mol. The Balaban J connectivity index is 2.11. The molecule has 1 amide bonds. The van der Waals surface area contributed by atoms with E-state index in [-0.39, 0.29) is 12.1 Å². The fourth-order valence-electron chi connectivity index (χ4n) is 1.89. The number of ether oxygens (including phenoxy) is 2. The number of benzene rings is 1. The van der Waals surface area contributed by atoms with Gasteiger partial charge in [0.15, 0.2) is 6.23 Å². The van der Waals surface area contributed by atoms with Crippen molar-refractivity contribution in [3.05, 3.63) is 35.9 Å². The summed E-state index contributed by atoms with van der Waals surface area (Å²) < 4.78 is 10.9. The van der Waals surface area contributed by atoms with Gasteiger partial charge in [-0.05, 0) is 19.1 Å². The van der Waals surface area contributed by atoms with E-state index in [4.69, 9.17) is 9.47 Å². The molecular weight excluding hydrogens is 218 g/mol. The van der Waals surface area contributed by atoms with Crippen molar-refractivity contribution in [3.63, 3.8) is 0 Å². The Hall–Kier alpha value is -1.39. The summed E-state index contributed by atoms with van der Waals surface area (Å²) in [6.45, 7) is 4.10. The summed E-state index contributed by atoms with van der Waals surface area (Å²) in [6.07, 6.45) is -0.263. The van der Waals surface area contributed by atoms with Gasteiger partial charge in [0.1, 0.15) is 0 Å². The van der Waals surface area contributed by atoms with Crippen LogP contribution in [0.1, 0.15) is 17.3 Å². The van der Waals surface area contributed by atoms with Gasteiger partial charge in [0.05, 0.1) is 13.2 Å². The summed E-state index contributed by atoms with van der Waals surface area (Å²) in [6, 6.07) is 9.27. The Morgan fingerprint density at radius 1 is 1.47 bits per heavy atom. The number of hydrogen-bond donors (Lipinski definition) is 0. The van der Waals surface area contributed by atoms with Crippen molar-refractivity contribution >= 4 is 5.91 Å². The summed E-state index contributed by atoms with van der Waals surface area (Å²) >= 11 is 0. The first kappa shape index (κ1) is 12.1. The topological polar surface area (TPSA) is 38.8 Å². The van der Waals surface area contributed by atoms with E-state index in [0.717, 1.165) is 0 Å². The number of amides is 1. The molecule has 0 aliphatic carbocycles. The lowest BCUT2D eigenvalue weighted by molar-refractivity contribution is -0.119. The van der Waals surface area contributed by atoms with Gasteiger partial charge in [0.2, 0.25) is 0 Å². The van der Waals surface area contributed by atoms with Crippen LogP contribution in [0.25, 0.3) is 0 Å². The van der Waals surface area contributed by atoms with E-state index in [2.05, 4.69) is 0 Å². The molecule has 1 aromatic carbocycles. The van der Waals surface area contributed by atoms with Crippen molar-refractivity contribution in [3.8, 4) is 0 Å². The van der Waals surface area contributed by atoms with E-state index < -0.39 is 0 Å². The van der Waals surface area contributed by atoms with E-state index in [1.807, 2.05) is 37.3 Å². The molecule has 1 aromatic rings. The quantitative estimate of drug-likeness (QED) is 0.797. The number of morpholine rings is 1. The molecule has 0 aromatic heterocycles. The Morgan fingerprint density at radius 3 is 2.94 bits per heavy atom. The van der Waals surface area contributed by atoms with Gasteiger partial charge in [-0.3, -0.25) is 4.79 Å². The zero-order chi connectivity index (χ0) is 12.1. The Kier molecular flexibility index (Phi) is 4.12. The van der Waals surface area contributed by atoms with Gasteiger partial charge in [-0.1, -0.05) is 18.2 Å². The predicted octanol–water partition coefficient (Wildman–Crippen LogP) is 1.52. The number of rotatable bonds is 3. The summed E-state index contributed by atoms with van der Waals surface area (Å²) in [7, 11) is 0. The highest BCUT2D eigenvalue weighted by atomic mass is 16.5. The fraction of sp³-hybridized carbons (Fsp3) is 0.462. The molecule has 1 fully saturated rings. The highest BCUT2D eigenvalue weighted by Crippen LogP contribution is 2.13. The van der Waals surface area contributed by atoms with E-state index in [1.165, 1.54) is 0 Å². The molecule has 0 spiro atoms.